The number of anilines is 1. The summed E-state index contributed by atoms with van der Waals surface area (Å²) in [5.41, 5.74) is 5.73. The fourth-order valence-corrected chi connectivity index (χ4v) is 3.20. The molecule has 24 heavy (non-hydrogen) atoms. The normalized spacial score (nSPS) is 15.5. The largest absolute Gasteiger partial charge is 0.382 e. The second-order valence-electron chi connectivity index (χ2n) is 5.30. The zero-order chi connectivity index (χ0) is 16.8. The van der Waals surface area contributed by atoms with Gasteiger partial charge in [0.25, 0.3) is 0 Å². The zero-order valence-corrected chi connectivity index (χ0v) is 14.0. The van der Waals surface area contributed by atoms with Crippen LogP contribution in [0.2, 0.25) is 0 Å². The van der Waals surface area contributed by atoms with Crippen molar-refractivity contribution in [3.05, 3.63) is 23.1 Å². The molecular formula is C16H19N5O2S. The minimum Gasteiger partial charge on any atom is -0.382 e. The van der Waals surface area contributed by atoms with E-state index in [4.69, 9.17) is 10.5 Å². The smallest absolute Gasteiger partial charge is 0.244 e. The van der Waals surface area contributed by atoms with E-state index in [0.29, 0.717) is 12.4 Å². The molecule has 1 saturated heterocycles. The van der Waals surface area contributed by atoms with Crippen LogP contribution in [0.5, 0.6) is 0 Å². The first-order valence-electron chi connectivity index (χ1n) is 7.69. The first kappa shape index (κ1) is 16.5. The molecular weight excluding hydrogens is 326 g/mol. The van der Waals surface area contributed by atoms with Gasteiger partial charge in [-0.2, -0.15) is 5.10 Å². The Morgan fingerprint density at radius 3 is 3.17 bits per heavy atom. The molecule has 3 rings (SSSR count). The maximum atomic E-state index is 11.7. The van der Waals surface area contributed by atoms with Crippen molar-refractivity contribution in [2.45, 2.75) is 0 Å². The average Bonchev–Trinajstić information content (AvgIpc) is 3.15. The molecule has 0 bridgehead atoms. The highest BCUT2D eigenvalue weighted by atomic mass is 32.1. The lowest BCUT2D eigenvalue weighted by atomic mass is 10.3. The Morgan fingerprint density at radius 2 is 2.38 bits per heavy atom. The van der Waals surface area contributed by atoms with Crippen LogP contribution in [0.15, 0.2) is 18.2 Å². The van der Waals surface area contributed by atoms with Gasteiger partial charge in [-0.3, -0.25) is 14.8 Å². The van der Waals surface area contributed by atoms with E-state index in [9.17, 15) is 4.79 Å². The highest BCUT2D eigenvalue weighted by molar-refractivity contribution is 7.19. The molecule has 1 aliphatic heterocycles. The van der Waals surface area contributed by atoms with Gasteiger partial charge in [-0.15, -0.1) is 11.3 Å². The van der Waals surface area contributed by atoms with E-state index >= 15 is 0 Å². The van der Waals surface area contributed by atoms with Crippen LogP contribution in [-0.2, 0) is 9.53 Å². The monoisotopic (exact) mass is 345 g/mol. The van der Waals surface area contributed by atoms with Gasteiger partial charge in [-0.1, -0.05) is 17.9 Å². The number of ether oxygens (including phenoxy) is 1. The zero-order valence-electron chi connectivity index (χ0n) is 13.2. The molecule has 2 aromatic rings. The van der Waals surface area contributed by atoms with E-state index in [2.05, 4.69) is 32.3 Å². The number of nitrogens with zero attached hydrogens (tertiary/aromatic N) is 2. The molecule has 7 nitrogen and oxygen atoms in total. The lowest BCUT2D eigenvalue weighted by Gasteiger charge is -2.24. The number of nitrogens with one attached hydrogen (secondary N) is 2. The molecule has 1 fully saturated rings. The third kappa shape index (κ3) is 4.35. The first-order valence-corrected chi connectivity index (χ1v) is 8.51. The number of carbonyl (C=O) groups excluding carboxylic acids is 1. The Balaban J connectivity index is 1.41. The number of carbonyl (C=O) groups is 1. The number of amides is 1. The Hall–Kier alpha value is -2.34. The molecule has 0 saturated carbocycles. The molecule has 0 atom stereocenters. The summed E-state index contributed by atoms with van der Waals surface area (Å²) < 4.78 is 5.28. The topological polar surface area (TPSA) is 96.3 Å². The SMILES string of the molecule is Nc1n[nH]c2sc(C#CCNC(=O)/C=C/CN3CCOCC3)cc12. The number of nitrogens with two attached hydrogens (primary N) is 1. The molecule has 0 unspecified atom stereocenters. The number of aromatic amines is 1. The molecule has 1 amide bonds. The molecule has 0 aliphatic carbocycles. The number of hydrogen-bond donors (Lipinski definition) is 3. The van der Waals surface area contributed by atoms with Crippen LogP contribution in [0.4, 0.5) is 5.82 Å². The summed E-state index contributed by atoms with van der Waals surface area (Å²) in [6.45, 7) is 4.40. The first-order chi connectivity index (χ1) is 11.7. The second kappa shape index (κ2) is 7.97. The molecule has 8 heteroatoms. The number of rotatable bonds is 4. The van der Waals surface area contributed by atoms with E-state index in [-0.39, 0.29) is 5.91 Å². The van der Waals surface area contributed by atoms with Gasteiger partial charge in [0.2, 0.25) is 5.91 Å². The summed E-state index contributed by atoms with van der Waals surface area (Å²) in [5.74, 6) is 6.29. The lowest BCUT2D eigenvalue weighted by molar-refractivity contribution is -0.116. The van der Waals surface area contributed by atoms with E-state index in [1.165, 1.54) is 11.3 Å². The van der Waals surface area contributed by atoms with Gasteiger partial charge in [0.15, 0.2) is 5.82 Å². The molecule has 126 valence electrons. The Kier molecular flexibility index (Phi) is 5.48. The number of H-pyrrole nitrogens is 1. The van der Waals surface area contributed by atoms with E-state index < -0.39 is 0 Å². The van der Waals surface area contributed by atoms with Gasteiger partial charge in [0, 0.05) is 25.7 Å². The van der Waals surface area contributed by atoms with Crippen molar-refractivity contribution in [3.8, 4) is 11.8 Å². The lowest BCUT2D eigenvalue weighted by Crippen LogP contribution is -2.36. The van der Waals surface area contributed by atoms with Crippen LogP contribution < -0.4 is 11.1 Å². The number of morpholine rings is 1. The van der Waals surface area contributed by atoms with Gasteiger partial charge in [-0.25, -0.2) is 0 Å². The number of hydrogen-bond acceptors (Lipinski definition) is 6. The third-order valence-electron chi connectivity index (χ3n) is 3.59. The van der Waals surface area contributed by atoms with Gasteiger partial charge in [0.05, 0.1) is 30.0 Å². The summed E-state index contributed by atoms with van der Waals surface area (Å²) in [6.07, 6.45) is 3.42. The Morgan fingerprint density at radius 1 is 1.54 bits per heavy atom. The molecule has 1 aliphatic rings. The van der Waals surface area contributed by atoms with Crippen LogP contribution in [0.25, 0.3) is 10.2 Å². The fraction of sp³-hybridized carbons (Fsp3) is 0.375. The Bertz CT molecular complexity index is 792. The standard InChI is InChI=1S/C16H19N5O2S/c17-15-13-11-12(24-16(13)20-19-15)3-1-5-18-14(22)4-2-6-21-7-9-23-10-8-21/h2,4,11H,5-10H2,(H,18,22)(H3,17,19,20)/b4-2+. The molecule has 4 N–H and O–H groups in total. The number of aromatic nitrogens is 2. The number of thiophene rings is 1. The van der Waals surface area contributed by atoms with E-state index in [0.717, 1.165) is 47.9 Å². The van der Waals surface area contributed by atoms with Crippen molar-refractivity contribution in [2.75, 3.05) is 45.1 Å². The Labute approximate surface area is 143 Å². The summed E-state index contributed by atoms with van der Waals surface area (Å²) in [4.78, 5) is 15.7. The predicted octanol–water partition coefficient (Wildman–Crippen LogP) is 0.563. The molecule has 0 radical (unpaired) electrons. The van der Waals surface area contributed by atoms with Crippen molar-refractivity contribution < 1.29 is 9.53 Å². The minimum absolute atomic E-state index is 0.135. The van der Waals surface area contributed by atoms with Gasteiger partial charge in [-0.05, 0) is 6.07 Å². The fourth-order valence-electron chi connectivity index (χ4n) is 2.31. The summed E-state index contributed by atoms with van der Waals surface area (Å²) in [7, 11) is 0. The molecule has 0 spiro atoms. The molecule has 0 aromatic carbocycles. The third-order valence-corrected chi connectivity index (χ3v) is 4.54. The van der Waals surface area contributed by atoms with Crippen LogP contribution in [0.3, 0.4) is 0 Å². The van der Waals surface area contributed by atoms with Crippen molar-refractivity contribution >= 4 is 33.3 Å². The maximum Gasteiger partial charge on any atom is 0.244 e. The number of fused-ring (bicyclic) bond motifs is 1. The van der Waals surface area contributed by atoms with Gasteiger partial charge in [0.1, 0.15) is 4.83 Å². The van der Waals surface area contributed by atoms with Crippen LogP contribution in [-0.4, -0.2) is 60.4 Å². The quantitative estimate of drug-likeness (QED) is 0.556. The molecule has 3 heterocycles. The predicted molar refractivity (Wildman–Crippen MR) is 94.7 cm³/mol. The van der Waals surface area contributed by atoms with Crippen LogP contribution in [0.1, 0.15) is 4.88 Å². The highest BCUT2D eigenvalue weighted by Gasteiger charge is 2.08. The van der Waals surface area contributed by atoms with Gasteiger partial charge < -0.3 is 15.8 Å². The van der Waals surface area contributed by atoms with Crippen molar-refractivity contribution in [2.24, 2.45) is 0 Å². The summed E-state index contributed by atoms with van der Waals surface area (Å²) in [6, 6.07) is 1.90. The van der Waals surface area contributed by atoms with Crippen molar-refractivity contribution in [1.82, 2.24) is 20.4 Å². The summed E-state index contributed by atoms with van der Waals surface area (Å²) in [5, 5.41) is 10.4. The molecule has 2 aromatic heterocycles. The van der Waals surface area contributed by atoms with E-state index in [1.807, 2.05) is 12.1 Å². The van der Waals surface area contributed by atoms with Crippen molar-refractivity contribution in [3.63, 3.8) is 0 Å². The average molecular weight is 345 g/mol. The summed E-state index contributed by atoms with van der Waals surface area (Å²) >= 11 is 1.49. The number of nitrogen functional groups attached to an aromatic ring is 1. The highest BCUT2D eigenvalue weighted by Crippen LogP contribution is 2.26. The minimum atomic E-state index is -0.135. The second-order valence-corrected chi connectivity index (χ2v) is 6.35. The van der Waals surface area contributed by atoms with Crippen molar-refractivity contribution in [1.29, 1.82) is 0 Å². The van der Waals surface area contributed by atoms with Gasteiger partial charge >= 0.3 is 0 Å². The van der Waals surface area contributed by atoms with Crippen LogP contribution >= 0.6 is 11.3 Å². The maximum absolute atomic E-state index is 11.7. The van der Waals surface area contributed by atoms with Crippen LogP contribution in [0, 0.1) is 11.8 Å². The van der Waals surface area contributed by atoms with E-state index in [1.54, 1.807) is 6.08 Å².